The molecule has 2 aliphatic heterocycles. The fraction of sp³-hybridized carbons (Fsp3) is 0.444. The number of amides is 1. The normalized spacial score (nSPS) is 22.7. The van der Waals surface area contributed by atoms with Gasteiger partial charge in [0.2, 0.25) is 0 Å². The van der Waals surface area contributed by atoms with Crippen molar-refractivity contribution in [3.63, 3.8) is 0 Å². The van der Waals surface area contributed by atoms with E-state index in [0.29, 0.717) is 46.3 Å². The van der Waals surface area contributed by atoms with Crippen LogP contribution in [-0.4, -0.2) is 44.4 Å². The molecule has 0 N–H and O–H groups in total. The summed E-state index contributed by atoms with van der Waals surface area (Å²) in [7, 11) is -0.394. The number of fused-ring (bicyclic) bond motifs is 1. The minimum atomic E-state index is -2.04. The van der Waals surface area contributed by atoms with Gasteiger partial charge in [-0.25, -0.2) is 0 Å². The lowest BCUT2D eigenvalue weighted by Crippen LogP contribution is -2.45. The molecule has 0 aromatic heterocycles. The zero-order valence-electron chi connectivity index (χ0n) is 21.0. The fourth-order valence-corrected chi connectivity index (χ4v) is 7.13. The Labute approximate surface area is 227 Å². The van der Waals surface area contributed by atoms with Crippen LogP contribution in [-0.2, 0) is 20.4 Å². The summed E-state index contributed by atoms with van der Waals surface area (Å²) in [6, 6.07) is 13.5. The molecule has 0 bridgehead atoms. The summed E-state index contributed by atoms with van der Waals surface area (Å²) in [6.07, 6.45) is 1.23. The zero-order valence-corrected chi connectivity index (χ0v) is 25.1. The van der Waals surface area contributed by atoms with Crippen molar-refractivity contribution in [2.24, 2.45) is 0 Å². The minimum Gasteiger partial charge on any atom is -0.498 e. The molecular formula is C27H32BrCl2NO3Si. The maximum Gasteiger partial charge on any atom is 0.258 e. The van der Waals surface area contributed by atoms with Gasteiger partial charge >= 0.3 is 0 Å². The molecule has 2 unspecified atom stereocenters. The summed E-state index contributed by atoms with van der Waals surface area (Å²) in [4.78, 5) is 15.9. The number of halogens is 3. The molecule has 2 heterocycles. The van der Waals surface area contributed by atoms with Crippen molar-refractivity contribution in [2.45, 2.75) is 63.4 Å². The van der Waals surface area contributed by atoms with Crippen LogP contribution in [0.4, 0.5) is 0 Å². The highest BCUT2D eigenvalue weighted by atomic mass is 79.9. The maximum atomic E-state index is 14.0. The van der Waals surface area contributed by atoms with Crippen LogP contribution in [0.25, 0.3) is 5.57 Å². The second-order valence-electron chi connectivity index (χ2n) is 11.0. The highest BCUT2D eigenvalue weighted by Crippen LogP contribution is 2.51. The van der Waals surface area contributed by atoms with Crippen molar-refractivity contribution in [3.05, 3.63) is 73.9 Å². The van der Waals surface area contributed by atoms with Crippen LogP contribution in [0.1, 0.15) is 38.3 Å². The molecule has 0 saturated carbocycles. The van der Waals surface area contributed by atoms with E-state index in [9.17, 15) is 4.79 Å². The van der Waals surface area contributed by atoms with Gasteiger partial charge in [0.05, 0.1) is 18.8 Å². The first-order chi connectivity index (χ1) is 16.3. The van der Waals surface area contributed by atoms with E-state index >= 15 is 0 Å². The molecule has 0 aliphatic carbocycles. The molecule has 1 amide bonds. The largest absolute Gasteiger partial charge is 0.498 e. The van der Waals surface area contributed by atoms with Crippen LogP contribution >= 0.6 is 39.1 Å². The molecule has 0 radical (unpaired) electrons. The molecule has 188 valence electrons. The van der Waals surface area contributed by atoms with Crippen LogP contribution in [0, 0.1) is 0 Å². The third-order valence-corrected chi connectivity index (χ3v) is 13.1. The fourth-order valence-electron chi connectivity index (χ4n) is 4.99. The maximum absolute atomic E-state index is 14.0. The van der Waals surface area contributed by atoms with Crippen LogP contribution in [0.2, 0.25) is 28.2 Å². The number of ether oxygens (including phenoxy) is 1. The molecule has 1 fully saturated rings. The summed E-state index contributed by atoms with van der Waals surface area (Å²) < 4.78 is 13.9. The molecule has 35 heavy (non-hydrogen) atoms. The Kier molecular flexibility index (Phi) is 7.28. The molecule has 2 aromatic rings. The van der Waals surface area contributed by atoms with E-state index in [1.54, 1.807) is 25.3 Å². The van der Waals surface area contributed by atoms with Gasteiger partial charge in [-0.05, 0) is 59.6 Å². The molecule has 4 nitrogen and oxygen atoms in total. The first-order valence-electron chi connectivity index (χ1n) is 11.8. The van der Waals surface area contributed by atoms with Gasteiger partial charge in [0.1, 0.15) is 11.3 Å². The second-order valence-corrected chi connectivity index (χ2v) is 17.6. The third kappa shape index (κ3) is 4.97. The number of hydrogen-bond donors (Lipinski definition) is 0. The molecular weight excluding hydrogens is 565 g/mol. The van der Waals surface area contributed by atoms with Crippen LogP contribution in [0.3, 0.4) is 0 Å². The standard InChI is InChI=1S/C27H32BrCl2NO3Si/c1-26(2,3)35(5,6)34-22-15-27(14-17-7-9-19(28)10-8-17)24(33-4)23(25(32)31(27)16-22)18-11-20(29)13-21(30)12-18/h7-13,22H,14-16H2,1-6H3. The first-order valence-corrected chi connectivity index (χ1v) is 16.2. The number of hydrogen-bond acceptors (Lipinski definition) is 3. The Morgan fingerprint density at radius 1 is 1.11 bits per heavy atom. The lowest BCUT2D eigenvalue weighted by atomic mass is 9.85. The number of carbonyl (C=O) groups is 1. The van der Waals surface area contributed by atoms with Crippen molar-refractivity contribution in [2.75, 3.05) is 13.7 Å². The van der Waals surface area contributed by atoms with Gasteiger partial charge in [-0.1, -0.05) is 72.0 Å². The van der Waals surface area contributed by atoms with Crippen molar-refractivity contribution < 1.29 is 14.0 Å². The van der Waals surface area contributed by atoms with Gasteiger partial charge in [0.25, 0.3) is 5.91 Å². The Morgan fingerprint density at radius 2 is 1.71 bits per heavy atom. The van der Waals surface area contributed by atoms with Crippen LogP contribution < -0.4 is 0 Å². The van der Waals surface area contributed by atoms with Crippen molar-refractivity contribution >= 4 is 58.9 Å². The Hall–Kier alpha value is -1.31. The zero-order chi connectivity index (χ0) is 25.8. The summed E-state index contributed by atoms with van der Waals surface area (Å²) in [5, 5.41) is 1.04. The van der Waals surface area contributed by atoms with E-state index in [0.717, 1.165) is 10.0 Å². The van der Waals surface area contributed by atoms with Crippen molar-refractivity contribution in [1.82, 2.24) is 4.90 Å². The number of carbonyl (C=O) groups excluding carboxylic acids is 1. The molecule has 4 rings (SSSR count). The second kappa shape index (κ2) is 9.53. The van der Waals surface area contributed by atoms with E-state index in [1.165, 1.54) is 0 Å². The quantitative estimate of drug-likeness (QED) is 0.320. The number of rotatable bonds is 6. The lowest BCUT2D eigenvalue weighted by Gasteiger charge is -2.38. The number of nitrogens with zero attached hydrogens (tertiary/aromatic N) is 1. The number of methoxy groups -OCH3 is 1. The highest BCUT2D eigenvalue weighted by molar-refractivity contribution is 9.10. The Bertz CT molecular complexity index is 1160. The summed E-state index contributed by atoms with van der Waals surface area (Å²) in [5.74, 6) is 0.587. The average molecular weight is 597 g/mol. The van der Waals surface area contributed by atoms with E-state index in [-0.39, 0.29) is 17.0 Å². The molecule has 2 aromatic carbocycles. The van der Waals surface area contributed by atoms with Gasteiger partial charge in [-0.3, -0.25) is 4.79 Å². The molecule has 2 aliphatic rings. The number of benzene rings is 2. The predicted molar refractivity (Wildman–Crippen MR) is 149 cm³/mol. The summed E-state index contributed by atoms with van der Waals surface area (Å²) in [5.41, 5.74) is 1.69. The van der Waals surface area contributed by atoms with Crippen LogP contribution in [0.5, 0.6) is 0 Å². The van der Waals surface area contributed by atoms with Gasteiger partial charge in [-0.15, -0.1) is 0 Å². The SMILES string of the molecule is COC1=C(c2cc(Cl)cc(Cl)c2)C(=O)N2CC(O[Si](C)(C)C(C)(C)C)CC12Cc1ccc(Br)cc1. The van der Waals surface area contributed by atoms with Gasteiger partial charge in [0, 0.05) is 33.9 Å². The Morgan fingerprint density at radius 3 is 2.26 bits per heavy atom. The van der Waals surface area contributed by atoms with E-state index in [4.69, 9.17) is 32.4 Å². The predicted octanol–water partition coefficient (Wildman–Crippen LogP) is 7.73. The van der Waals surface area contributed by atoms with Gasteiger partial charge in [0.15, 0.2) is 8.32 Å². The average Bonchev–Trinajstić information content (AvgIpc) is 3.18. The molecule has 2 atom stereocenters. The van der Waals surface area contributed by atoms with Crippen molar-refractivity contribution in [3.8, 4) is 0 Å². The lowest BCUT2D eigenvalue weighted by molar-refractivity contribution is -0.126. The van der Waals surface area contributed by atoms with E-state index < -0.39 is 13.9 Å². The smallest absolute Gasteiger partial charge is 0.258 e. The summed E-state index contributed by atoms with van der Waals surface area (Å²) in [6.45, 7) is 11.7. The summed E-state index contributed by atoms with van der Waals surface area (Å²) >= 11 is 16.1. The van der Waals surface area contributed by atoms with Gasteiger partial charge < -0.3 is 14.1 Å². The monoisotopic (exact) mass is 595 g/mol. The highest BCUT2D eigenvalue weighted by Gasteiger charge is 2.59. The van der Waals surface area contributed by atoms with E-state index in [1.807, 2.05) is 17.0 Å². The molecule has 0 spiro atoms. The first kappa shape index (κ1) is 26.7. The Balaban J connectivity index is 1.82. The topological polar surface area (TPSA) is 38.8 Å². The molecule has 8 heteroatoms. The molecule has 1 saturated heterocycles. The van der Waals surface area contributed by atoms with E-state index in [2.05, 4.69) is 61.9 Å². The van der Waals surface area contributed by atoms with Gasteiger partial charge in [-0.2, -0.15) is 0 Å². The van der Waals surface area contributed by atoms with Crippen LogP contribution in [0.15, 0.2) is 52.7 Å². The third-order valence-electron chi connectivity index (χ3n) is 7.61. The van der Waals surface area contributed by atoms with Crippen molar-refractivity contribution in [1.29, 1.82) is 0 Å². The minimum absolute atomic E-state index is 0.0649.